The van der Waals surface area contributed by atoms with Crippen molar-refractivity contribution >= 4 is 44.7 Å². The first-order chi connectivity index (χ1) is 18.8. The van der Waals surface area contributed by atoms with Gasteiger partial charge in [-0.05, 0) is 37.1 Å². The predicted molar refractivity (Wildman–Crippen MR) is 148 cm³/mol. The topological polar surface area (TPSA) is 145 Å². The number of halogens is 1. The van der Waals surface area contributed by atoms with E-state index < -0.39 is 12.0 Å². The molecule has 1 atom stereocenters. The summed E-state index contributed by atoms with van der Waals surface area (Å²) >= 11 is 1.34. The Hall–Kier alpha value is -4.55. The van der Waals surface area contributed by atoms with E-state index >= 15 is 4.39 Å². The maximum atomic E-state index is 16.0. The lowest BCUT2D eigenvalue weighted by molar-refractivity contribution is 0.102. The van der Waals surface area contributed by atoms with Crippen LogP contribution in [0.4, 0.5) is 10.1 Å². The Labute approximate surface area is 225 Å². The third kappa shape index (κ3) is 4.43. The van der Waals surface area contributed by atoms with E-state index in [4.69, 9.17) is 4.98 Å². The van der Waals surface area contributed by atoms with Gasteiger partial charge in [0.25, 0.3) is 0 Å². The van der Waals surface area contributed by atoms with Gasteiger partial charge in [0.05, 0.1) is 44.3 Å². The molecular weight excluding hydrogens is 519 g/mol. The molecule has 39 heavy (non-hydrogen) atoms. The number of aliphatic hydroxyl groups is 1. The number of hydrogen-bond acceptors (Lipinski definition) is 9. The van der Waals surface area contributed by atoms with Crippen LogP contribution in [-0.2, 0) is 0 Å². The van der Waals surface area contributed by atoms with Gasteiger partial charge in [0, 0.05) is 18.0 Å². The number of hydrogen-bond donors (Lipinski definition) is 4. The SMILES string of the molecule is CC(=O)c1ccc(-c2nccc3[nH]c(-c4n[nH]c5cnc(-c6cncc(NC(O)C(C)C)c6)c(F)c45)nc23)s1. The third-order valence-corrected chi connectivity index (χ3v) is 7.51. The average Bonchev–Trinajstić information content (AvgIpc) is 3.66. The number of rotatable bonds is 7. The lowest BCUT2D eigenvalue weighted by atomic mass is 10.1. The normalized spacial score (nSPS) is 12.5. The van der Waals surface area contributed by atoms with Gasteiger partial charge in [0.1, 0.15) is 28.8 Å². The van der Waals surface area contributed by atoms with Gasteiger partial charge in [-0.1, -0.05) is 13.8 Å². The van der Waals surface area contributed by atoms with Crippen molar-refractivity contribution in [3.63, 3.8) is 0 Å². The molecule has 0 aliphatic heterocycles. The summed E-state index contributed by atoms with van der Waals surface area (Å²) in [4.78, 5) is 34.2. The molecule has 0 saturated carbocycles. The first-order valence-corrected chi connectivity index (χ1v) is 13.0. The highest BCUT2D eigenvalue weighted by Gasteiger charge is 2.22. The van der Waals surface area contributed by atoms with E-state index in [0.717, 1.165) is 4.88 Å². The first kappa shape index (κ1) is 24.8. The summed E-state index contributed by atoms with van der Waals surface area (Å²) in [6.45, 7) is 5.28. The van der Waals surface area contributed by atoms with E-state index in [-0.39, 0.29) is 22.8 Å². The Kier molecular flexibility index (Phi) is 6.12. The molecule has 0 radical (unpaired) electrons. The number of H-pyrrole nitrogens is 2. The molecule has 6 rings (SSSR count). The van der Waals surface area contributed by atoms with Gasteiger partial charge in [-0.2, -0.15) is 5.10 Å². The molecule has 6 aromatic heterocycles. The van der Waals surface area contributed by atoms with Crippen LogP contribution < -0.4 is 5.32 Å². The average molecular weight is 543 g/mol. The van der Waals surface area contributed by atoms with Crippen LogP contribution in [0.2, 0.25) is 0 Å². The Balaban J connectivity index is 1.43. The molecular formula is C27H23FN8O2S. The standard InChI is InChI=1S/C27H23FN8O2S/c1-12(2)27(38)32-15-8-14(9-29-10-15)22-21(28)20-17(11-31-22)35-36-25(20)26-33-16-6-7-30-24(23(16)34-26)19-5-4-18(39-19)13(3)37/h4-12,27,32,38H,1-3H3,(H,33,34)(H,35,36). The molecule has 6 heterocycles. The fourth-order valence-electron chi connectivity index (χ4n) is 4.22. The third-order valence-electron chi connectivity index (χ3n) is 6.31. The van der Waals surface area contributed by atoms with Crippen molar-refractivity contribution in [3.8, 4) is 33.3 Å². The van der Waals surface area contributed by atoms with Crippen molar-refractivity contribution in [2.24, 2.45) is 5.92 Å². The van der Waals surface area contributed by atoms with E-state index in [1.165, 1.54) is 30.7 Å². The minimum absolute atomic E-state index is 0.0170. The van der Waals surface area contributed by atoms with Gasteiger partial charge in [-0.3, -0.25) is 24.8 Å². The van der Waals surface area contributed by atoms with E-state index in [1.807, 2.05) is 19.9 Å². The van der Waals surface area contributed by atoms with Crippen LogP contribution in [0.5, 0.6) is 0 Å². The second kappa shape index (κ2) is 9.64. The van der Waals surface area contributed by atoms with Crippen molar-refractivity contribution in [1.82, 2.24) is 35.1 Å². The number of aliphatic hydroxyl groups excluding tert-OH is 1. The number of aromatic amines is 2. The highest BCUT2D eigenvalue weighted by atomic mass is 32.1. The number of nitrogens with zero attached hydrogens (tertiary/aromatic N) is 5. The zero-order valence-electron chi connectivity index (χ0n) is 21.2. The first-order valence-electron chi connectivity index (χ1n) is 12.2. The summed E-state index contributed by atoms with van der Waals surface area (Å²) in [7, 11) is 0. The number of anilines is 1. The Morgan fingerprint density at radius 3 is 2.69 bits per heavy atom. The van der Waals surface area contributed by atoms with E-state index in [9.17, 15) is 9.90 Å². The van der Waals surface area contributed by atoms with Crippen LogP contribution in [0.1, 0.15) is 30.4 Å². The van der Waals surface area contributed by atoms with Gasteiger partial charge in [-0.25, -0.2) is 9.37 Å². The van der Waals surface area contributed by atoms with Crippen LogP contribution in [0.15, 0.2) is 49.1 Å². The molecule has 0 aliphatic rings. The summed E-state index contributed by atoms with van der Waals surface area (Å²) in [5.41, 5.74) is 3.68. The van der Waals surface area contributed by atoms with Gasteiger partial charge in [0.2, 0.25) is 0 Å². The summed E-state index contributed by atoms with van der Waals surface area (Å²) in [5.74, 6) is -0.262. The summed E-state index contributed by atoms with van der Waals surface area (Å²) in [6, 6.07) is 7.08. The number of carbonyl (C=O) groups is 1. The minimum atomic E-state index is -0.779. The minimum Gasteiger partial charge on any atom is -0.374 e. The lowest BCUT2D eigenvalue weighted by Crippen LogP contribution is -2.24. The molecule has 0 aromatic carbocycles. The second-order valence-electron chi connectivity index (χ2n) is 9.44. The van der Waals surface area contributed by atoms with E-state index in [2.05, 4.69) is 35.5 Å². The smallest absolute Gasteiger partial charge is 0.169 e. The van der Waals surface area contributed by atoms with Gasteiger partial charge < -0.3 is 15.4 Å². The maximum Gasteiger partial charge on any atom is 0.169 e. The van der Waals surface area contributed by atoms with Crippen molar-refractivity contribution in [3.05, 3.63) is 59.7 Å². The molecule has 1 unspecified atom stereocenters. The summed E-state index contributed by atoms with van der Waals surface area (Å²) in [5, 5.41) is 20.6. The van der Waals surface area contributed by atoms with Crippen molar-refractivity contribution in [2.45, 2.75) is 27.0 Å². The molecule has 0 spiro atoms. The van der Waals surface area contributed by atoms with Crippen molar-refractivity contribution in [1.29, 1.82) is 0 Å². The van der Waals surface area contributed by atoms with Gasteiger partial charge in [-0.15, -0.1) is 11.3 Å². The molecule has 6 aromatic rings. The highest BCUT2D eigenvalue weighted by Crippen LogP contribution is 2.35. The number of imidazole rings is 1. The van der Waals surface area contributed by atoms with Crippen LogP contribution >= 0.6 is 11.3 Å². The monoisotopic (exact) mass is 542 g/mol. The number of aromatic nitrogens is 7. The fraction of sp³-hybridized carbons (Fsp3) is 0.185. The number of Topliss-reactive ketones (excluding diaryl/α,β-unsaturated/α-hetero) is 1. The number of nitrogens with one attached hydrogen (secondary N) is 3. The Morgan fingerprint density at radius 2 is 1.92 bits per heavy atom. The molecule has 0 fully saturated rings. The number of ketones is 1. The van der Waals surface area contributed by atoms with Crippen LogP contribution in [0.3, 0.4) is 0 Å². The largest absolute Gasteiger partial charge is 0.374 e. The second-order valence-corrected chi connectivity index (χ2v) is 10.5. The van der Waals surface area contributed by atoms with E-state index in [0.29, 0.717) is 49.9 Å². The molecule has 12 heteroatoms. The maximum absolute atomic E-state index is 16.0. The fourth-order valence-corrected chi connectivity index (χ4v) is 5.11. The van der Waals surface area contributed by atoms with Crippen molar-refractivity contribution in [2.75, 3.05) is 5.32 Å². The molecule has 0 aliphatic carbocycles. The zero-order chi connectivity index (χ0) is 27.3. The number of carbonyl (C=O) groups excluding carboxylic acids is 1. The van der Waals surface area contributed by atoms with Crippen LogP contribution in [-0.4, -0.2) is 52.2 Å². The number of pyridine rings is 3. The predicted octanol–water partition coefficient (Wildman–Crippen LogP) is 5.41. The summed E-state index contributed by atoms with van der Waals surface area (Å²) < 4.78 is 16.0. The molecule has 0 amide bonds. The van der Waals surface area contributed by atoms with E-state index in [1.54, 1.807) is 30.6 Å². The molecule has 10 nitrogen and oxygen atoms in total. The molecule has 0 saturated heterocycles. The Morgan fingerprint density at radius 1 is 1.08 bits per heavy atom. The van der Waals surface area contributed by atoms with Gasteiger partial charge >= 0.3 is 0 Å². The van der Waals surface area contributed by atoms with Crippen molar-refractivity contribution < 1.29 is 14.3 Å². The molecule has 0 bridgehead atoms. The zero-order valence-corrected chi connectivity index (χ0v) is 22.0. The number of thiophene rings is 1. The van der Waals surface area contributed by atoms with Crippen LogP contribution in [0, 0.1) is 11.7 Å². The number of fused-ring (bicyclic) bond motifs is 2. The lowest BCUT2D eigenvalue weighted by Gasteiger charge is -2.17. The summed E-state index contributed by atoms with van der Waals surface area (Å²) in [6.07, 6.45) is 5.46. The quantitative estimate of drug-likeness (QED) is 0.155. The van der Waals surface area contributed by atoms with Gasteiger partial charge in [0.15, 0.2) is 17.4 Å². The molecule has 4 N–H and O–H groups in total. The molecule has 196 valence electrons. The Bertz CT molecular complexity index is 1860. The van der Waals surface area contributed by atoms with Crippen LogP contribution in [0.25, 0.3) is 55.3 Å². The highest BCUT2D eigenvalue weighted by molar-refractivity contribution is 7.17.